The number of carbonyl (C=O) groups is 2. The maximum absolute atomic E-state index is 10.5. The molecule has 1 heterocycles. The molecule has 0 unspecified atom stereocenters. The minimum Gasteiger partial charge on any atom is -0.350 e. The van der Waals surface area contributed by atoms with Crippen LogP contribution in [0.5, 0.6) is 0 Å². The molecule has 0 aliphatic carbocycles. The number of rotatable bonds is 0. The first-order valence-electron chi connectivity index (χ1n) is 2.36. The molecule has 3 amide bonds. The van der Waals surface area contributed by atoms with Gasteiger partial charge in [0.15, 0.2) is 0 Å². The van der Waals surface area contributed by atoms with E-state index in [2.05, 4.69) is 5.10 Å². The van der Waals surface area contributed by atoms with Crippen LogP contribution in [-0.2, 0) is 4.79 Å². The minimum absolute atomic E-state index is 0.170. The number of carbonyl (C=O) groups excluding carboxylic acids is 2. The van der Waals surface area contributed by atoms with Gasteiger partial charge in [0.05, 0.1) is 6.42 Å². The van der Waals surface area contributed by atoms with Crippen molar-refractivity contribution in [2.24, 2.45) is 10.8 Å². The maximum atomic E-state index is 10.5. The number of imide groups is 1. The Morgan fingerprint density at radius 1 is 1.89 bits per heavy atom. The summed E-state index contributed by atoms with van der Waals surface area (Å²) in [5, 5.41) is 4.04. The predicted octanol–water partition coefficient (Wildman–Crippen LogP) is -0.717. The number of nitrogens with two attached hydrogens (primary N) is 1. The van der Waals surface area contributed by atoms with E-state index >= 15 is 0 Å². The Hall–Kier alpha value is -1.39. The zero-order valence-corrected chi connectivity index (χ0v) is 4.57. The van der Waals surface area contributed by atoms with Crippen LogP contribution in [0.15, 0.2) is 5.10 Å². The molecular weight excluding hydrogens is 122 g/mol. The molecule has 0 aromatic carbocycles. The summed E-state index contributed by atoms with van der Waals surface area (Å²) in [7, 11) is 0. The lowest BCUT2D eigenvalue weighted by Crippen LogP contribution is -2.33. The van der Waals surface area contributed by atoms with E-state index in [1.54, 1.807) is 0 Å². The van der Waals surface area contributed by atoms with Gasteiger partial charge < -0.3 is 5.73 Å². The monoisotopic (exact) mass is 127 g/mol. The molecule has 0 bridgehead atoms. The van der Waals surface area contributed by atoms with E-state index in [0.717, 1.165) is 0 Å². The molecule has 5 nitrogen and oxygen atoms in total. The molecule has 0 fully saturated rings. The average Bonchev–Trinajstić information content (AvgIpc) is 2.13. The van der Waals surface area contributed by atoms with Gasteiger partial charge in [-0.25, -0.2) is 4.79 Å². The molecule has 0 aromatic heterocycles. The van der Waals surface area contributed by atoms with E-state index in [0.29, 0.717) is 5.01 Å². The average molecular weight is 127 g/mol. The second kappa shape index (κ2) is 1.85. The van der Waals surface area contributed by atoms with Gasteiger partial charge in [-0.3, -0.25) is 4.79 Å². The van der Waals surface area contributed by atoms with Crippen molar-refractivity contribution in [3.8, 4) is 0 Å². The quantitative estimate of drug-likeness (QED) is 0.466. The molecule has 48 valence electrons. The first-order valence-corrected chi connectivity index (χ1v) is 2.36. The molecule has 9 heavy (non-hydrogen) atoms. The predicted molar refractivity (Wildman–Crippen MR) is 29.5 cm³/mol. The van der Waals surface area contributed by atoms with Gasteiger partial charge in [0.2, 0.25) is 0 Å². The Kier molecular flexibility index (Phi) is 1.18. The van der Waals surface area contributed by atoms with E-state index in [1.165, 1.54) is 6.21 Å². The molecular formula is C4H5N3O2. The third kappa shape index (κ3) is 0.883. The van der Waals surface area contributed by atoms with E-state index in [1.807, 2.05) is 0 Å². The van der Waals surface area contributed by atoms with Crippen molar-refractivity contribution < 1.29 is 9.59 Å². The Morgan fingerprint density at radius 2 is 2.56 bits per heavy atom. The molecule has 0 radical (unpaired) electrons. The molecule has 1 aliphatic heterocycles. The number of hydrogen-bond donors (Lipinski definition) is 1. The van der Waals surface area contributed by atoms with Crippen molar-refractivity contribution in [3.63, 3.8) is 0 Å². The highest BCUT2D eigenvalue weighted by Crippen LogP contribution is 1.99. The molecule has 1 rings (SSSR count). The summed E-state index contributed by atoms with van der Waals surface area (Å²) in [6.45, 7) is 0. The van der Waals surface area contributed by atoms with Gasteiger partial charge in [-0.05, 0) is 0 Å². The van der Waals surface area contributed by atoms with Crippen molar-refractivity contribution in [1.29, 1.82) is 0 Å². The van der Waals surface area contributed by atoms with Gasteiger partial charge in [-0.15, -0.1) is 5.01 Å². The van der Waals surface area contributed by atoms with Gasteiger partial charge in [0.25, 0.3) is 5.91 Å². The number of amides is 3. The Labute approximate surface area is 51.1 Å². The third-order valence-corrected chi connectivity index (χ3v) is 0.908. The summed E-state index contributed by atoms with van der Waals surface area (Å²) in [5.41, 5.74) is 4.74. The van der Waals surface area contributed by atoms with Crippen molar-refractivity contribution in [2.75, 3.05) is 0 Å². The zero-order chi connectivity index (χ0) is 6.85. The van der Waals surface area contributed by atoms with Crippen molar-refractivity contribution in [3.05, 3.63) is 0 Å². The topological polar surface area (TPSA) is 75.8 Å². The highest BCUT2D eigenvalue weighted by Gasteiger charge is 2.20. The Balaban J connectivity index is 2.71. The fraction of sp³-hybridized carbons (Fsp3) is 0.250. The van der Waals surface area contributed by atoms with Crippen LogP contribution in [0.2, 0.25) is 0 Å². The van der Waals surface area contributed by atoms with Crippen LogP contribution in [0.25, 0.3) is 0 Å². The lowest BCUT2D eigenvalue weighted by atomic mass is 10.5. The summed E-state index contributed by atoms with van der Waals surface area (Å²) in [6, 6.07) is -0.825. The van der Waals surface area contributed by atoms with Crippen LogP contribution in [0, 0.1) is 0 Å². The standard InChI is InChI=1S/C4H5N3O2/c5-4(9)7-3(8)1-2-6-7/h2H,1H2,(H2,5,9). The first-order chi connectivity index (χ1) is 4.22. The maximum Gasteiger partial charge on any atom is 0.342 e. The fourth-order valence-corrected chi connectivity index (χ4v) is 0.531. The highest BCUT2D eigenvalue weighted by molar-refractivity contribution is 6.03. The minimum atomic E-state index is -0.825. The largest absolute Gasteiger partial charge is 0.350 e. The SMILES string of the molecule is NC(=O)N1N=CCC1=O. The van der Waals surface area contributed by atoms with Crippen LogP contribution in [0.4, 0.5) is 4.79 Å². The van der Waals surface area contributed by atoms with Crippen molar-refractivity contribution in [1.82, 2.24) is 5.01 Å². The Bertz CT molecular complexity index is 186. The summed E-state index contributed by atoms with van der Waals surface area (Å²) < 4.78 is 0. The summed E-state index contributed by atoms with van der Waals surface area (Å²) in [4.78, 5) is 20.7. The normalized spacial score (nSPS) is 16.9. The number of hydrogen-bond acceptors (Lipinski definition) is 3. The van der Waals surface area contributed by atoms with Gasteiger partial charge in [-0.2, -0.15) is 5.10 Å². The van der Waals surface area contributed by atoms with Crippen molar-refractivity contribution >= 4 is 18.2 Å². The smallest absolute Gasteiger partial charge is 0.342 e. The zero-order valence-electron chi connectivity index (χ0n) is 4.57. The molecule has 0 aromatic rings. The first kappa shape index (κ1) is 5.74. The summed E-state index contributed by atoms with van der Waals surface area (Å²) in [6.07, 6.45) is 1.51. The van der Waals surface area contributed by atoms with Gasteiger partial charge in [0, 0.05) is 6.21 Å². The lowest BCUT2D eigenvalue weighted by Gasteiger charge is -2.02. The van der Waals surface area contributed by atoms with E-state index < -0.39 is 6.03 Å². The molecule has 0 atom stereocenters. The summed E-state index contributed by atoms with van der Waals surface area (Å²) >= 11 is 0. The van der Waals surface area contributed by atoms with Crippen LogP contribution < -0.4 is 5.73 Å². The second-order valence-corrected chi connectivity index (χ2v) is 1.55. The molecule has 0 spiro atoms. The molecule has 2 N–H and O–H groups in total. The number of nitrogens with zero attached hydrogens (tertiary/aromatic N) is 2. The molecule has 0 saturated heterocycles. The van der Waals surface area contributed by atoms with Crippen LogP contribution >= 0.6 is 0 Å². The molecule has 1 aliphatic rings. The van der Waals surface area contributed by atoms with E-state index in [-0.39, 0.29) is 12.3 Å². The third-order valence-electron chi connectivity index (χ3n) is 0.908. The van der Waals surface area contributed by atoms with Crippen LogP contribution in [0.3, 0.4) is 0 Å². The number of primary amides is 1. The second-order valence-electron chi connectivity index (χ2n) is 1.55. The van der Waals surface area contributed by atoms with E-state index in [9.17, 15) is 9.59 Å². The summed E-state index contributed by atoms with van der Waals surface area (Å²) in [5.74, 6) is -0.373. The molecule has 5 heteroatoms. The Morgan fingerprint density at radius 3 is 2.78 bits per heavy atom. The van der Waals surface area contributed by atoms with Crippen LogP contribution in [0.1, 0.15) is 6.42 Å². The fourth-order valence-electron chi connectivity index (χ4n) is 0.531. The highest BCUT2D eigenvalue weighted by atomic mass is 16.2. The number of hydrazone groups is 1. The molecule has 0 saturated carbocycles. The van der Waals surface area contributed by atoms with Crippen LogP contribution in [-0.4, -0.2) is 23.2 Å². The van der Waals surface area contributed by atoms with Gasteiger partial charge >= 0.3 is 6.03 Å². The lowest BCUT2D eigenvalue weighted by molar-refractivity contribution is -0.125. The number of urea groups is 1. The van der Waals surface area contributed by atoms with E-state index in [4.69, 9.17) is 5.73 Å². The van der Waals surface area contributed by atoms with Gasteiger partial charge in [-0.1, -0.05) is 0 Å². The van der Waals surface area contributed by atoms with Crippen molar-refractivity contribution in [2.45, 2.75) is 6.42 Å². The van der Waals surface area contributed by atoms with Gasteiger partial charge in [0.1, 0.15) is 0 Å².